The fraction of sp³-hybridized carbons (Fsp3) is 0.643. The highest BCUT2D eigenvalue weighted by Gasteiger charge is 2.07. The molecule has 1 rings (SSSR count). The van der Waals surface area contributed by atoms with Crippen LogP contribution >= 0.6 is 11.6 Å². The van der Waals surface area contributed by atoms with E-state index in [1.165, 1.54) is 25.7 Å². The molecule has 0 amide bonds. The highest BCUT2D eigenvalue weighted by atomic mass is 35.5. The predicted molar refractivity (Wildman–Crippen MR) is 76.0 cm³/mol. The molecule has 0 saturated carbocycles. The topological polar surface area (TPSA) is 48.1 Å². The number of halogens is 1. The van der Waals surface area contributed by atoms with E-state index in [1.807, 2.05) is 0 Å². The summed E-state index contributed by atoms with van der Waals surface area (Å²) < 4.78 is 5.77. The van der Waals surface area contributed by atoms with Gasteiger partial charge in [-0.2, -0.15) is 0 Å². The summed E-state index contributed by atoms with van der Waals surface area (Å²) in [6.07, 6.45) is 6.26. The number of unbranched alkanes of at least 4 members (excludes halogenated alkanes) is 3. The Balaban J connectivity index is 2.41. The first kappa shape index (κ1) is 15.3. The molecule has 102 valence electrons. The molecule has 1 unspecified atom stereocenters. The number of ether oxygens (including phenoxy) is 1. The summed E-state index contributed by atoms with van der Waals surface area (Å²) in [7, 11) is 0. The van der Waals surface area contributed by atoms with Gasteiger partial charge in [0.1, 0.15) is 0 Å². The van der Waals surface area contributed by atoms with Crippen molar-refractivity contribution in [2.45, 2.75) is 58.6 Å². The van der Waals surface area contributed by atoms with Crippen molar-refractivity contribution in [1.82, 2.24) is 4.98 Å². The molecule has 0 fully saturated rings. The zero-order valence-electron chi connectivity index (χ0n) is 11.3. The average Bonchev–Trinajstić information content (AvgIpc) is 2.37. The molecule has 1 aromatic rings. The number of pyridine rings is 1. The molecule has 0 bridgehead atoms. The van der Waals surface area contributed by atoms with Crippen LogP contribution in [0.5, 0.6) is 5.88 Å². The standard InChI is InChI=1S/C14H23ClN2O/c1-3-4-5-6-7-11(2)18-14-9-8-12(15)13(10-16)17-14/h8-9,11H,3-7,10,16H2,1-2H3. The van der Waals surface area contributed by atoms with Gasteiger partial charge in [-0.3, -0.25) is 0 Å². The van der Waals surface area contributed by atoms with E-state index in [4.69, 9.17) is 22.1 Å². The first-order chi connectivity index (χ1) is 8.67. The second kappa shape index (κ2) is 8.33. The van der Waals surface area contributed by atoms with Gasteiger partial charge in [0, 0.05) is 12.6 Å². The minimum atomic E-state index is 0.182. The third-order valence-corrected chi connectivity index (χ3v) is 3.22. The van der Waals surface area contributed by atoms with Crippen molar-refractivity contribution < 1.29 is 4.74 Å². The summed E-state index contributed by atoms with van der Waals surface area (Å²) in [6.45, 7) is 4.62. The van der Waals surface area contributed by atoms with Gasteiger partial charge in [-0.1, -0.05) is 37.8 Å². The highest BCUT2D eigenvalue weighted by Crippen LogP contribution is 2.19. The average molecular weight is 271 g/mol. The maximum absolute atomic E-state index is 5.95. The Labute approximate surface area is 115 Å². The normalized spacial score (nSPS) is 12.4. The molecular formula is C14H23ClN2O. The fourth-order valence-corrected chi connectivity index (χ4v) is 1.98. The third-order valence-electron chi connectivity index (χ3n) is 2.87. The van der Waals surface area contributed by atoms with Crippen LogP contribution in [0.1, 0.15) is 51.6 Å². The van der Waals surface area contributed by atoms with Gasteiger partial charge in [0.05, 0.1) is 16.8 Å². The molecule has 1 heterocycles. The van der Waals surface area contributed by atoms with Gasteiger partial charge in [-0.05, 0) is 25.8 Å². The molecular weight excluding hydrogens is 248 g/mol. The lowest BCUT2D eigenvalue weighted by Crippen LogP contribution is -2.13. The van der Waals surface area contributed by atoms with Crippen LogP contribution in [0.2, 0.25) is 5.02 Å². The van der Waals surface area contributed by atoms with Crippen molar-refractivity contribution >= 4 is 11.6 Å². The zero-order valence-corrected chi connectivity index (χ0v) is 12.0. The Morgan fingerprint density at radius 1 is 1.33 bits per heavy atom. The summed E-state index contributed by atoms with van der Waals surface area (Å²) in [5.41, 5.74) is 6.25. The van der Waals surface area contributed by atoms with Gasteiger partial charge < -0.3 is 10.5 Å². The lowest BCUT2D eigenvalue weighted by atomic mass is 10.1. The van der Waals surface area contributed by atoms with E-state index in [1.54, 1.807) is 12.1 Å². The van der Waals surface area contributed by atoms with E-state index in [-0.39, 0.29) is 6.10 Å². The summed E-state index contributed by atoms with van der Waals surface area (Å²) in [5.74, 6) is 0.614. The summed E-state index contributed by atoms with van der Waals surface area (Å²) >= 11 is 5.95. The molecule has 0 aliphatic heterocycles. The minimum absolute atomic E-state index is 0.182. The summed E-state index contributed by atoms with van der Waals surface area (Å²) in [4.78, 5) is 4.30. The number of nitrogens with two attached hydrogens (primary N) is 1. The van der Waals surface area contributed by atoms with Crippen LogP contribution in [0.25, 0.3) is 0 Å². The van der Waals surface area contributed by atoms with E-state index in [9.17, 15) is 0 Å². The molecule has 2 N–H and O–H groups in total. The molecule has 0 aromatic carbocycles. The highest BCUT2D eigenvalue weighted by molar-refractivity contribution is 6.31. The number of nitrogens with zero attached hydrogens (tertiary/aromatic N) is 1. The molecule has 3 nitrogen and oxygen atoms in total. The Kier molecular flexibility index (Phi) is 7.06. The second-order valence-electron chi connectivity index (χ2n) is 4.56. The SMILES string of the molecule is CCCCCCC(C)Oc1ccc(Cl)c(CN)n1. The van der Waals surface area contributed by atoms with Crippen molar-refractivity contribution in [2.24, 2.45) is 5.73 Å². The largest absolute Gasteiger partial charge is 0.475 e. The predicted octanol–water partition coefficient (Wildman–Crippen LogP) is 3.93. The van der Waals surface area contributed by atoms with E-state index >= 15 is 0 Å². The Morgan fingerprint density at radius 3 is 2.78 bits per heavy atom. The van der Waals surface area contributed by atoms with Crippen molar-refractivity contribution in [3.8, 4) is 5.88 Å². The fourth-order valence-electron chi connectivity index (χ4n) is 1.80. The van der Waals surface area contributed by atoms with Crippen molar-refractivity contribution in [3.05, 3.63) is 22.8 Å². The Bertz CT molecular complexity index is 358. The van der Waals surface area contributed by atoms with Crippen LogP contribution < -0.4 is 10.5 Å². The lowest BCUT2D eigenvalue weighted by Gasteiger charge is -2.14. The molecule has 0 aliphatic carbocycles. The molecule has 4 heteroatoms. The van der Waals surface area contributed by atoms with E-state index < -0.39 is 0 Å². The van der Waals surface area contributed by atoms with Crippen LogP contribution in [-0.4, -0.2) is 11.1 Å². The zero-order chi connectivity index (χ0) is 13.4. The molecule has 0 saturated heterocycles. The van der Waals surface area contributed by atoms with Gasteiger partial charge in [0.25, 0.3) is 0 Å². The molecule has 18 heavy (non-hydrogen) atoms. The van der Waals surface area contributed by atoms with Crippen molar-refractivity contribution in [1.29, 1.82) is 0 Å². The molecule has 1 aromatic heterocycles. The molecule has 1 atom stereocenters. The minimum Gasteiger partial charge on any atom is -0.475 e. The first-order valence-corrected chi connectivity index (χ1v) is 7.07. The van der Waals surface area contributed by atoms with Gasteiger partial charge in [-0.25, -0.2) is 4.98 Å². The monoisotopic (exact) mass is 270 g/mol. The number of hydrogen-bond acceptors (Lipinski definition) is 3. The van der Waals surface area contributed by atoms with Gasteiger partial charge in [-0.15, -0.1) is 0 Å². The van der Waals surface area contributed by atoms with E-state index in [0.29, 0.717) is 23.1 Å². The van der Waals surface area contributed by atoms with Crippen molar-refractivity contribution in [3.63, 3.8) is 0 Å². The quantitative estimate of drug-likeness (QED) is 0.728. The van der Waals surface area contributed by atoms with Crippen LogP contribution in [-0.2, 0) is 6.54 Å². The van der Waals surface area contributed by atoms with Gasteiger partial charge >= 0.3 is 0 Å². The number of hydrogen-bond donors (Lipinski definition) is 1. The maximum atomic E-state index is 5.95. The third kappa shape index (κ3) is 5.23. The van der Waals surface area contributed by atoms with Gasteiger partial charge in [0.15, 0.2) is 0 Å². The van der Waals surface area contributed by atoms with Crippen LogP contribution in [0.15, 0.2) is 12.1 Å². The smallest absolute Gasteiger partial charge is 0.213 e. The van der Waals surface area contributed by atoms with Crippen LogP contribution in [0.3, 0.4) is 0 Å². The lowest BCUT2D eigenvalue weighted by molar-refractivity contribution is 0.198. The van der Waals surface area contributed by atoms with E-state index in [0.717, 1.165) is 6.42 Å². The maximum Gasteiger partial charge on any atom is 0.213 e. The van der Waals surface area contributed by atoms with Gasteiger partial charge in [0.2, 0.25) is 5.88 Å². The van der Waals surface area contributed by atoms with Crippen LogP contribution in [0, 0.1) is 0 Å². The molecule has 0 radical (unpaired) electrons. The van der Waals surface area contributed by atoms with Crippen molar-refractivity contribution in [2.75, 3.05) is 0 Å². The van der Waals surface area contributed by atoms with Crippen LogP contribution in [0.4, 0.5) is 0 Å². The Hall–Kier alpha value is -0.800. The molecule has 0 aliphatic rings. The second-order valence-corrected chi connectivity index (χ2v) is 4.97. The Morgan fingerprint density at radius 2 is 2.11 bits per heavy atom. The first-order valence-electron chi connectivity index (χ1n) is 6.69. The molecule has 0 spiro atoms. The summed E-state index contributed by atoms with van der Waals surface area (Å²) in [6, 6.07) is 3.58. The summed E-state index contributed by atoms with van der Waals surface area (Å²) in [5, 5.41) is 0.598. The number of rotatable bonds is 8. The number of aromatic nitrogens is 1. The van der Waals surface area contributed by atoms with E-state index in [2.05, 4.69) is 18.8 Å².